The van der Waals surface area contributed by atoms with E-state index in [1.54, 1.807) is 0 Å². The summed E-state index contributed by atoms with van der Waals surface area (Å²) in [6.07, 6.45) is 4.11. The van der Waals surface area contributed by atoms with E-state index in [4.69, 9.17) is 0 Å². The molecule has 21 heavy (non-hydrogen) atoms. The van der Waals surface area contributed by atoms with Gasteiger partial charge in [-0.1, -0.05) is 13.8 Å². The lowest BCUT2D eigenvalue weighted by molar-refractivity contribution is -0.0123. The first kappa shape index (κ1) is 16.5. The van der Waals surface area contributed by atoms with Crippen LogP contribution in [0.1, 0.15) is 50.9 Å². The minimum atomic E-state index is -0.497. The van der Waals surface area contributed by atoms with Gasteiger partial charge in [0, 0.05) is 18.8 Å². The summed E-state index contributed by atoms with van der Waals surface area (Å²) >= 11 is 0. The van der Waals surface area contributed by atoms with Crippen LogP contribution in [0.4, 0.5) is 0 Å². The number of β-amino-alcohol motifs (C(OH)–C–C–N with tert-alkyl or cyclic N) is 1. The molecule has 120 valence electrons. The van der Waals surface area contributed by atoms with Crippen LogP contribution in [0.5, 0.6) is 0 Å². The van der Waals surface area contributed by atoms with Gasteiger partial charge in [-0.25, -0.2) is 0 Å². The molecule has 1 aromatic heterocycles. The molecule has 1 aliphatic rings. The number of hydrogen-bond donors (Lipinski definition) is 1. The van der Waals surface area contributed by atoms with Gasteiger partial charge in [-0.15, -0.1) is 0 Å². The Hall–Kier alpha value is -0.870. The lowest BCUT2D eigenvalue weighted by atomic mass is 9.92. The van der Waals surface area contributed by atoms with Crippen molar-refractivity contribution in [1.29, 1.82) is 0 Å². The zero-order chi connectivity index (χ0) is 15.5. The van der Waals surface area contributed by atoms with E-state index in [9.17, 15) is 5.11 Å². The molecule has 1 aliphatic heterocycles. The van der Waals surface area contributed by atoms with E-state index in [0.717, 1.165) is 50.6 Å². The van der Waals surface area contributed by atoms with Crippen LogP contribution in [0.3, 0.4) is 0 Å². The Morgan fingerprint density at radius 2 is 1.86 bits per heavy atom. The summed E-state index contributed by atoms with van der Waals surface area (Å²) in [5.74, 6) is 0.718. The molecule has 0 spiro atoms. The zero-order valence-electron chi connectivity index (χ0n) is 14.1. The maximum atomic E-state index is 10.5. The third-order valence-corrected chi connectivity index (χ3v) is 5.08. The van der Waals surface area contributed by atoms with Gasteiger partial charge in [0.25, 0.3) is 0 Å². The van der Waals surface area contributed by atoms with Gasteiger partial charge < -0.3 is 10.0 Å². The minimum absolute atomic E-state index is 0.497. The molecule has 1 aromatic rings. The molecule has 0 amide bonds. The molecule has 0 aromatic carbocycles. The maximum absolute atomic E-state index is 10.5. The molecule has 2 heterocycles. The van der Waals surface area contributed by atoms with Crippen molar-refractivity contribution in [3.8, 4) is 0 Å². The average molecular weight is 293 g/mol. The fourth-order valence-corrected chi connectivity index (χ4v) is 3.32. The number of hydrogen-bond acceptors (Lipinski definition) is 3. The van der Waals surface area contributed by atoms with E-state index >= 15 is 0 Å². The van der Waals surface area contributed by atoms with Crippen molar-refractivity contribution in [2.75, 3.05) is 19.6 Å². The molecule has 4 heteroatoms. The van der Waals surface area contributed by atoms with E-state index in [1.165, 1.54) is 18.5 Å². The van der Waals surface area contributed by atoms with Crippen molar-refractivity contribution >= 4 is 0 Å². The second-order valence-electron chi connectivity index (χ2n) is 6.76. The van der Waals surface area contributed by atoms with Crippen LogP contribution in [0.25, 0.3) is 0 Å². The molecule has 1 fully saturated rings. The number of piperidine rings is 1. The highest BCUT2D eigenvalue weighted by Crippen LogP contribution is 2.23. The highest BCUT2D eigenvalue weighted by atomic mass is 16.3. The summed E-state index contributed by atoms with van der Waals surface area (Å²) in [6.45, 7) is 12.4. The minimum Gasteiger partial charge on any atom is -0.389 e. The Labute approximate surface area is 129 Å². The molecular weight excluding hydrogens is 262 g/mol. The molecule has 2 rings (SSSR count). The van der Waals surface area contributed by atoms with Gasteiger partial charge in [0.2, 0.25) is 0 Å². The standard InChI is InChI=1S/C17H31N3O/c1-5-17(21,6-2)13-19-9-7-16(8-10-19)12-20-15(4)11-14(3)18-20/h11,16,21H,5-10,12-13H2,1-4H3. The molecule has 4 nitrogen and oxygen atoms in total. The van der Waals surface area contributed by atoms with Crippen molar-refractivity contribution in [2.45, 2.75) is 65.5 Å². The Bertz CT molecular complexity index is 443. The number of nitrogens with zero attached hydrogens (tertiary/aromatic N) is 3. The topological polar surface area (TPSA) is 41.3 Å². The largest absolute Gasteiger partial charge is 0.389 e. The quantitative estimate of drug-likeness (QED) is 0.877. The summed E-state index contributed by atoms with van der Waals surface area (Å²) in [7, 11) is 0. The van der Waals surface area contributed by atoms with Crippen molar-refractivity contribution in [1.82, 2.24) is 14.7 Å². The predicted octanol–water partition coefficient (Wildman–Crippen LogP) is 2.76. The number of aryl methyl sites for hydroxylation is 2. The maximum Gasteiger partial charge on any atom is 0.0768 e. The third kappa shape index (κ3) is 4.30. The van der Waals surface area contributed by atoms with Crippen molar-refractivity contribution in [3.63, 3.8) is 0 Å². The highest BCUT2D eigenvalue weighted by Gasteiger charge is 2.28. The molecule has 0 saturated carbocycles. The number of likely N-dealkylation sites (tertiary alicyclic amines) is 1. The van der Waals surface area contributed by atoms with Crippen LogP contribution in [0.2, 0.25) is 0 Å². The fourth-order valence-electron chi connectivity index (χ4n) is 3.32. The van der Waals surface area contributed by atoms with E-state index in [-0.39, 0.29) is 0 Å². The number of aliphatic hydroxyl groups is 1. The van der Waals surface area contributed by atoms with Gasteiger partial charge in [0.15, 0.2) is 0 Å². The summed E-state index contributed by atoms with van der Waals surface area (Å²) < 4.78 is 2.16. The van der Waals surface area contributed by atoms with Gasteiger partial charge in [-0.3, -0.25) is 4.68 Å². The van der Waals surface area contributed by atoms with Crippen molar-refractivity contribution in [3.05, 3.63) is 17.5 Å². The second-order valence-corrected chi connectivity index (χ2v) is 6.76. The molecule has 0 unspecified atom stereocenters. The van der Waals surface area contributed by atoms with Gasteiger partial charge in [-0.05, 0) is 64.6 Å². The first-order valence-corrected chi connectivity index (χ1v) is 8.41. The monoisotopic (exact) mass is 293 g/mol. The van der Waals surface area contributed by atoms with Crippen LogP contribution < -0.4 is 0 Å². The second kappa shape index (κ2) is 6.93. The molecular formula is C17H31N3O. The van der Waals surface area contributed by atoms with Crippen molar-refractivity contribution in [2.24, 2.45) is 5.92 Å². The fraction of sp³-hybridized carbons (Fsp3) is 0.824. The van der Waals surface area contributed by atoms with E-state index in [0.29, 0.717) is 0 Å². The number of rotatable bonds is 6. The zero-order valence-corrected chi connectivity index (χ0v) is 14.1. The average Bonchev–Trinajstić information content (AvgIpc) is 2.79. The number of aromatic nitrogens is 2. The normalized spacial score (nSPS) is 18.3. The van der Waals surface area contributed by atoms with Crippen LogP contribution in [0, 0.1) is 19.8 Å². The van der Waals surface area contributed by atoms with Crippen LogP contribution in [-0.4, -0.2) is 45.0 Å². The highest BCUT2D eigenvalue weighted by molar-refractivity contribution is 5.06. The smallest absolute Gasteiger partial charge is 0.0768 e. The summed E-state index contributed by atoms with van der Waals surface area (Å²) in [6, 6.07) is 2.15. The van der Waals surface area contributed by atoms with Crippen molar-refractivity contribution < 1.29 is 5.11 Å². The van der Waals surface area contributed by atoms with Gasteiger partial charge in [0.05, 0.1) is 11.3 Å². The van der Waals surface area contributed by atoms with E-state index in [1.807, 2.05) is 0 Å². The predicted molar refractivity (Wildman–Crippen MR) is 86.4 cm³/mol. The van der Waals surface area contributed by atoms with E-state index in [2.05, 4.69) is 48.4 Å². The van der Waals surface area contributed by atoms with Crippen LogP contribution in [0.15, 0.2) is 6.07 Å². The molecule has 0 bridgehead atoms. The third-order valence-electron chi connectivity index (χ3n) is 5.08. The van der Waals surface area contributed by atoms with E-state index < -0.39 is 5.60 Å². The first-order chi connectivity index (χ1) is 9.95. The first-order valence-electron chi connectivity index (χ1n) is 8.41. The lowest BCUT2D eigenvalue weighted by Crippen LogP contribution is -2.46. The molecule has 1 N–H and O–H groups in total. The van der Waals surface area contributed by atoms with Gasteiger partial charge >= 0.3 is 0 Å². The van der Waals surface area contributed by atoms with Gasteiger partial charge in [-0.2, -0.15) is 5.10 Å². The molecule has 1 saturated heterocycles. The van der Waals surface area contributed by atoms with Gasteiger partial charge in [0.1, 0.15) is 0 Å². The SMILES string of the molecule is CCC(O)(CC)CN1CCC(Cn2nc(C)cc2C)CC1. The Balaban J connectivity index is 1.82. The molecule has 0 atom stereocenters. The summed E-state index contributed by atoms with van der Waals surface area (Å²) in [5.41, 5.74) is 1.88. The molecule has 0 aliphatic carbocycles. The Kier molecular flexibility index (Phi) is 5.44. The Morgan fingerprint density at radius 1 is 1.24 bits per heavy atom. The van der Waals surface area contributed by atoms with Crippen LogP contribution >= 0.6 is 0 Å². The summed E-state index contributed by atoms with van der Waals surface area (Å²) in [5, 5.41) is 15.0. The lowest BCUT2D eigenvalue weighted by Gasteiger charge is -2.37. The summed E-state index contributed by atoms with van der Waals surface area (Å²) in [4.78, 5) is 2.44. The molecule has 0 radical (unpaired) electrons. The Morgan fingerprint density at radius 3 is 2.33 bits per heavy atom. The van der Waals surface area contributed by atoms with Crippen LogP contribution in [-0.2, 0) is 6.54 Å².